The molecule has 1 aliphatic carbocycles. The van der Waals surface area contributed by atoms with Crippen LogP contribution in [-0.2, 0) is 11.3 Å². The van der Waals surface area contributed by atoms with Crippen molar-refractivity contribution < 1.29 is 4.79 Å². The fourth-order valence-corrected chi connectivity index (χ4v) is 3.04. The quantitative estimate of drug-likeness (QED) is 0.826. The topological polar surface area (TPSA) is 41.4 Å². The van der Waals surface area contributed by atoms with Gasteiger partial charge in [0, 0.05) is 63.5 Å². The fourth-order valence-electron chi connectivity index (χ4n) is 3.04. The van der Waals surface area contributed by atoms with Crippen molar-refractivity contribution in [1.82, 2.24) is 19.4 Å². The summed E-state index contributed by atoms with van der Waals surface area (Å²) in [4.78, 5) is 21.0. The van der Waals surface area contributed by atoms with Gasteiger partial charge in [-0.05, 0) is 12.8 Å². The summed E-state index contributed by atoms with van der Waals surface area (Å²) in [6.07, 6.45) is 6.18. The number of hydrogen-bond donors (Lipinski definition) is 0. The second-order valence-electron chi connectivity index (χ2n) is 6.57. The molecule has 1 saturated carbocycles. The molecule has 1 aliphatic heterocycles. The molecule has 0 radical (unpaired) electrons. The van der Waals surface area contributed by atoms with Crippen molar-refractivity contribution in [3.05, 3.63) is 18.2 Å². The Hall–Kier alpha value is -1.36. The van der Waals surface area contributed by atoms with Crippen molar-refractivity contribution >= 4 is 5.91 Å². The molecule has 1 aromatic heterocycles. The molecule has 0 aromatic carbocycles. The van der Waals surface area contributed by atoms with Crippen LogP contribution in [0.1, 0.15) is 38.4 Å². The van der Waals surface area contributed by atoms with Gasteiger partial charge < -0.3 is 9.47 Å². The zero-order valence-corrected chi connectivity index (χ0v) is 13.2. The van der Waals surface area contributed by atoms with Gasteiger partial charge in [-0.3, -0.25) is 9.69 Å². The maximum atomic E-state index is 12.0. The van der Waals surface area contributed by atoms with Crippen LogP contribution in [0.15, 0.2) is 12.4 Å². The SMILES string of the molecule is CC(C)c1nccn1CCN1CCN(C(=O)C2CC2)CC1. The molecule has 21 heavy (non-hydrogen) atoms. The van der Waals surface area contributed by atoms with Gasteiger partial charge in [-0.25, -0.2) is 4.98 Å². The Kier molecular flexibility index (Phi) is 4.29. The van der Waals surface area contributed by atoms with Crippen molar-refractivity contribution in [3.8, 4) is 0 Å². The molecular formula is C16H26N4O. The first-order chi connectivity index (χ1) is 10.1. The smallest absolute Gasteiger partial charge is 0.225 e. The Morgan fingerprint density at radius 2 is 1.95 bits per heavy atom. The number of nitrogens with zero attached hydrogens (tertiary/aromatic N) is 4. The number of carbonyl (C=O) groups is 1. The summed E-state index contributed by atoms with van der Waals surface area (Å²) in [5.41, 5.74) is 0. The lowest BCUT2D eigenvalue weighted by Gasteiger charge is -2.35. The molecule has 3 rings (SSSR count). The van der Waals surface area contributed by atoms with Crippen molar-refractivity contribution in [3.63, 3.8) is 0 Å². The third kappa shape index (κ3) is 3.46. The first-order valence-electron chi connectivity index (χ1n) is 8.17. The van der Waals surface area contributed by atoms with Crippen LogP contribution in [0.5, 0.6) is 0 Å². The lowest BCUT2D eigenvalue weighted by atomic mass is 10.2. The predicted octanol–water partition coefficient (Wildman–Crippen LogP) is 1.56. The van der Waals surface area contributed by atoms with Gasteiger partial charge in [-0.1, -0.05) is 13.8 Å². The number of piperazine rings is 1. The third-order valence-electron chi connectivity index (χ3n) is 4.53. The van der Waals surface area contributed by atoms with Crippen molar-refractivity contribution in [2.75, 3.05) is 32.7 Å². The first kappa shape index (κ1) is 14.6. The normalized spacial score (nSPS) is 20.2. The molecule has 116 valence electrons. The summed E-state index contributed by atoms with van der Waals surface area (Å²) in [6, 6.07) is 0. The molecule has 2 heterocycles. The second-order valence-corrected chi connectivity index (χ2v) is 6.57. The largest absolute Gasteiger partial charge is 0.340 e. The van der Waals surface area contributed by atoms with Crippen molar-refractivity contribution in [2.24, 2.45) is 5.92 Å². The Labute approximate surface area is 126 Å². The molecular weight excluding hydrogens is 264 g/mol. The van der Waals surface area contributed by atoms with Gasteiger partial charge in [0.2, 0.25) is 5.91 Å². The summed E-state index contributed by atoms with van der Waals surface area (Å²) in [5, 5.41) is 0. The van der Waals surface area contributed by atoms with E-state index in [1.807, 2.05) is 6.20 Å². The van der Waals surface area contributed by atoms with E-state index in [9.17, 15) is 4.79 Å². The van der Waals surface area contributed by atoms with Gasteiger partial charge in [-0.2, -0.15) is 0 Å². The number of rotatable bonds is 5. The summed E-state index contributed by atoms with van der Waals surface area (Å²) in [6.45, 7) is 10.2. The number of imidazole rings is 1. The molecule has 5 heteroatoms. The lowest BCUT2D eigenvalue weighted by Crippen LogP contribution is -2.49. The van der Waals surface area contributed by atoms with E-state index in [-0.39, 0.29) is 0 Å². The Morgan fingerprint density at radius 3 is 2.57 bits per heavy atom. The van der Waals surface area contributed by atoms with Crippen LogP contribution in [0, 0.1) is 5.92 Å². The highest BCUT2D eigenvalue weighted by atomic mass is 16.2. The highest BCUT2D eigenvalue weighted by Crippen LogP contribution is 2.31. The minimum Gasteiger partial charge on any atom is -0.340 e. The van der Waals surface area contributed by atoms with E-state index in [0.29, 0.717) is 17.7 Å². The monoisotopic (exact) mass is 290 g/mol. The van der Waals surface area contributed by atoms with Crippen LogP contribution in [0.4, 0.5) is 0 Å². The molecule has 5 nitrogen and oxygen atoms in total. The molecule has 2 fully saturated rings. The summed E-state index contributed by atoms with van der Waals surface area (Å²) in [5.74, 6) is 2.38. The Morgan fingerprint density at radius 1 is 1.24 bits per heavy atom. The third-order valence-corrected chi connectivity index (χ3v) is 4.53. The van der Waals surface area contributed by atoms with Gasteiger partial charge in [0.1, 0.15) is 5.82 Å². The fraction of sp³-hybridized carbons (Fsp3) is 0.750. The maximum absolute atomic E-state index is 12.0. The van der Waals surface area contributed by atoms with Gasteiger partial charge in [0.05, 0.1) is 0 Å². The number of carbonyl (C=O) groups excluding carboxylic acids is 1. The molecule has 1 aromatic rings. The summed E-state index contributed by atoms with van der Waals surface area (Å²) in [7, 11) is 0. The summed E-state index contributed by atoms with van der Waals surface area (Å²) >= 11 is 0. The minimum absolute atomic E-state index is 0.357. The molecule has 0 atom stereocenters. The van der Waals surface area contributed by atoms with Crippen molar-refractivity contribution in [2.45, 2.75) is 39.2 Å². The Bertz CT molecular complexity index is 484. The van der Waals surface area contributed by atoms with Gasteiger partial charge in [0.15, 0.2) is 0 Å². The number of amides is 1. The van der Waals surface area contributed by atoms with E-state index in [1.54, 1.807) is 0 Å². The van der Waals surface area contributed by atoms with E-state index >= 15 is 0 Å². The minimum atomic E-state index is 0.357. The molecule has 1 saturated heterocycles. The van der Waals surface area contributed by atoms with E-state index in [2.05, 4.69) is 39.4 Å². The molecule has 0 bridgehead atoms. The number of aromatic nitrogens is 2. The van der Waals surface area contributed by atoms with Crippen LogP contribution in [0.2, 0.25) is 0 Å². The zero-order chi connectivity index (χ0) is 14.8. The van der Waals surface area contributed by atoms with Gasteiger partial charge in [-0.15, -0.1) is 0 Å². The molecule has 2 aliphatic rings. The van der Waals surface area contributed by atoms with Crippen molar-refractivity contribution in [1.29, 1.82) is 0 Å². The standard InChI is InChI=1S/C16H26N4O/c1-13(2)15-17-5-6-19(15)10-7-18-8-11-20(12-9-18)16(21)14-3-4-14/h5-6,13-14H,3-4,7-12H2,1-2H3. The highest BCUT2D eigenvalue weighted by molar-refractivity contribution is 5.81. The molecule has 0 unspecified atom stereocenters. The van der Waals surface area contributed by atoms with Crippen LogP contribution in [0.3, 0.4) is 0 Å². The Balaban J connectivity index is 1.45. The molecule has 1 amide bonds. The second kappa shape index (κ2) is 6.18. The van der Waals surface area contributed by atoms with Gasteiger partial charge in [0.25, 0.3) is 0 Å². The molecule has 0 N–H and O–H groups in total. The highest BCUT2D eigenvalue weighted by Gasteiger charge is 2.34. The van der Waals surface area contributed by atoms with Crippen LogP contribution in [0.25, 0.3) is 0 Å². The summed E-state index contributed by atoms with van der Waals surface area (Å²) < 4.78 is 2.26. The van der Waals surface area contributed by atoms with E-state index in [1.165, 1.54) is 0 Å². The lowest BCUT2D eigenvalue weighted by molar-refractivity contribution is -0.134. The van der Waals surface area contributed by atoms with E-state index < -0.39 is 0 Å². The van der Waals surface area contributed by atoms with Crippen LogP contribution < -0.4 is 0 Å². The van der Waals surface area contributed by atoms with Gasteiger partial charge >= 0.3 is 0 Å². The number of hydrogen-bond acceptors (Lipinski definition) is 3. The van der Waals surface area contributed by atoms with Crippen LogP contribution in [-0.4, -0.2) is 58.0 Å². The molecule has 0 spiro atoms. The average molecular weight is 290 g/mol. The van der Waals surface area contributed by atoms with E-state index in [0.717, 1.165) is 57.9 Å². The average Bonchev–Trinajstić information content (AvgIpc) is 3.23. The first-order valence-corrected chi connectivity index (χ1v) is 8.17. The maximum Gasteiger partial charge on any atom is 0.225 e. The van der Waals surface area contributed by atoms with Crippen LogP contribution >= 0.6 is 0 Å². The predicted molar refractivity (Wildman–Crippen MR) is 82.1 cm³/mol. The van der Waals surface area contributed by atoms with E-state index in [4.69, 9.17) is 0 Å². The zero-order valence-electron chi connectivity index (χ0n) is 13.2.